The number of benzene rings is 1. The van der Waals surface area contributed by atoms with Crippen molar-refractivity contribution < 1.29 is 0 Å². The van der Waals surface area contributed by atoms with Crippen molar-refractivity contribution in [2.24, 2.45) is 4.99 Å². The van der Waals surface area contributed by atoms with Gasteiger partial charge in [0.2, 0.25) is 0 Å². The lowest BCUT2D eigenvalue weighted by Crippen LogP contribution is -2.25. The van der Waals surface area contributed by atoms with Gasteiger partial charge in [-0.3, -0.25) is 4.99 Å². The first-order valence-electron chi connectivity index (χ1n) is 8.26. The van der Waals surface area contributed by atoms with Crippen molar-refractivity contribution in [3.05, 3.63) is 87.3 Å². The van der Waals surface area contributed by atoms with E-state index in [2.05, 4.69) is 10.1 Å². The zero-order valence-corrected chi connectivity index (χ0v) is 14.9. The maximum Gasteiger partial charge on any atom is 0.350 e. The molecule has 2 aromatic heterocycles. The molecule has 0 aliphatic carbocycles. The van der Waals surface area contributed by atoms with E-state index in [-0.39, 0.29) is 12.2 Å². The van der Waals surface area contributed by atoms with Gasteiger partial charge >= 0.3 is 5.69 Å². The van der Waals surface area contributed by atoms with Crippen LogP contribution in [-0.4, -0.2) is 25.0 Å². The minimum Gasteiger partial charge on any atom is -0.274 e. The molecule has 0 N–H and O–H groups in total. The van der Waals surface area contributed by atoms with Gasteiger partial charge in [0.1, 0.15) is 17.4 Å². The molecule has 3 aromatic rings. The van der Waals surface area contributed by atoms with Gasteiger partial charge in [0, 0.05) is 5.56 Å². The predicted molar refractivity (Wildman–Crippen MR) is 101 cm³/mol. The Labute approximate surface area is 155 Å². The third kappa shape index (κ3) is 2.78. The fraction of sp³-hybridized carbons (Fsp3) is 0.158. The fourth-order valence-corrected chi connectivity index (χ4v) is 3.10. The Morgan fingerprint density at radius 1 is 1.19 bits per heavy atom. The van der Waals surface area contributed by atoms with E-state index in [0.29, 0.717) is 34.6 Å². The van der Waals surface area contributed by atoms with Gasteiger partial charge in [-0.25, -0.2) is 19.0 Å². The molecule has 6 nitrogen and oxygen atoms in total. The molecular formula is C19H16ClN5O. The first-order valence-corrected chi connectivity index (χ1v) is 8.64. The van der Waals surface area contributed by atoms with Crippen molar-refractivity contribution in [3.63, 3.8) is 0 Å². The molecule has 0 radical (unpaired) electrons. The molecule has 0 unspecified atom stereocenters. The second-order valence-corrected chi connectivity index (χ2v) is 6.21. The summed E-state index contributed by atoms with van der Waals surface area (Å²) in [6.45, 7) is 2.61. The van der Waals surface area contributed by atoms with Crippen LogP contribution in [0.4, 0.5) is 0 Å². The Balaban J connectivity index is 1.95. The molecule has 1 aromatic carbocycles. The van der Waals surface area contributed by atoms with Crippen molar-refractivity contribution in [3.8, 4) is 5.69 Å². The van der Waals surface area contributed by atoms with Crippen molar-refractivity contribution in [2.75, 3.05) is 0 Å². The maximum absolute atomic E-state index is 12.9. The molecule has 1 aliphatic rings. The summed E-state index contributed by atoms with van der Waals surface area (Å²) in [7, 11) is 0. The third-order valence-corrected chi connectivity index (χ3v) is 4.36. The second kappa shape index (κ2) is 6.72. The number of nitrogens with zero attached hydrogens (tertiary/aromatic N) is 5. The van der Waals surface area contributed by atoms with Crippen LogP contribution < -0.4 is 5.69 Å². The number of hydrogen-bond acceptors (Lipinski definition) is 4. The van der Waals surface area contributed by atoms with Crippen molar-refractivity contribution in [1.82, 2.24) is 19.3 Å². The SMILES string of the molecule is C/C=C/Cn1nc2n(c1=O)-c1ccc(Cl)nc1C(c1ccccc1)=NC2. The molecule has 26 heavy (non-hydrogen) atoms. The first kappa shape index (κ1) is 16.5. The zero-order chi connectivity index (χ0) is 18.1. The highest BCUT2D eigenvalue weighted by atomic mass is 35.5. The molecule has 0 fully saturated rings. The molecule has 0 amide bonds. The van der Waals surface area contributed by atoms with Gasteiger partial charge in [-0.15, -0.1) is 0 Å². The van der Waals surface area contributed by atoms with Gasteiger partial charge in [-0.2, -0.15) is 5.10 Å². The minimum atomic E-state index is -0.215. The Bertz CT molecular complexity index is 1080. The molecule has 0 spiro atoms. The monoisotopic (exact) mass is 365 g/mol. The Hall–Kier alpha value is -2.99. The summed E-state index contributed by atoms with van der Waals surface area (Å²) in [6, 6.07) is 13.2. The highest BCUT2D eigenvalue weighted by Gasteiger charge is 2.24. The van der Waals surface area contributed by atoms with Crippen LogP contribution in [-0.2, 0) is 13.1 Å². The van der Waals surface area contributed by atoms with E-state index in [1.807, 2.05) is 49.4 Å². The lowest BCUT2D eigenvalue weighted by Gasteiger charge is -2.10. The quantitative estimate of drug-likeness (QED) is 0.529. The smallest absolute Gasteiger partial charge is 0.274 e. The van der Waals surface area contributed by atoms with E-state index in [4.69, 9.17) is 16.6 Å². The van der Waals surface area contributed by atoms with Crippen LogP contribution in [0.5, 0.6) is 0 Å². The molecule has 7 heteroatoms. The van der Waals surface area contributed by atoms with Gasteiger partial charge in [0.25, 0.3) is 0 Å². The lowest BCUT2D eigenvalue weighted by atomic mass is 10.1. The minimum absolute atomic E-state index is 0.215. The normalized spacial score (nSPS) is 13.2. The number of allylic oxidation sites excluding steroid dienone is 2. The molecule has 130 valence electrons. The molecule has 0 bridgehead atoms. The molecule has 4 rings (SSSR count). The van der Waals surface area contributed by atoms with E-state index >= 15 is 0 Å². The second-order valence-electron chi connectivity index (χ2n) is 5.82. The van der Waals surface area contributed by atoms with Crippen LogP contribution in [0.15, 0.2) is 64.4 Å². The van der Waals surface area contributed by atoms with Gasteiger partial charge in [0.05, 0.1) is 17.9 Å². The third-order valence-electron chi connectivity index (χ3n) is 4.15. The van der Waals surface area contributed by atoms with E-state index in [1.54, 1.807) is 16.7 Å². The van der Waals surface area contributed by atoms with Crippen LogP contribution in [0.3, 0.4) is 0 Å². The predicted octanol–water partition coefficient (Wildman–Crippen LogP) is 3.01. The van der Waals surface area contributed by atoms with Crippen molar-refractivity contribution in [1.29, 1.82) is 0 Å². The standard InChI is InChI=1S/C19H16ClN5O/c1-2-3-11-24-19(26)25-14-9-10-15(20)22-18(14)17(21-12-16(25)23-24)13-7-5-4-6-8-13/h2-10H,11-12H2,1H3/b3-2+. The molecule has 0 saturated carbocycles. The molecule has 3 heterocycles. The van der Waals surface area contributed by atoms with Crippen molar-refractivity contribution in [2.45, 2.75) is 20.0 Å². The summed E-state index contributed by atoms with van der Waals surface area (Å²) in [5, 5.41) is 4.80. The Kier molecular flexibility index (Phi) is 4.26. The highest BCUT2D eigenvalue weighted by Crippen LogP contribution is 2.23. The largest absolute Gasteiger partial charge is 0.350 e. The van der Waals surface area contributed by atoms with Crippen LogP contribution in [0.25, 0.3) is 5.69 Å². The van der Waals surface area contributed by atoms with Crippen LogP contribution >= 0.6 is 11.6 Å². The molecule has 0 saturated heterocycles. The average molecular weight is 366 g/mol. The van der Waals surface area contributed by atoms with Crippen molar-refractivity contribution >= 4 is 17.3 Å². The summed E-state index contributed by atoms with van der Waals surface area (Å²) >= 11 is 6.14. The van der Waals surface area contributed by atoms with Crippen LogP contribution in [0.1, 0.15) is 24.0 Å². The van der Waals surface area contributed by atoms with Gasteiger partial charge in [-0.1, -0.05) is 54.1 Å². The Morgan fingerprint density at radius 3 is 2.77 bits per heavy atom. The number of pyridine rings is 1. The van der Waals surface area contributed by atoms with Gasteiger partial charge in [0.15, 0.2) is 5.82 Å². The van der Waals surface area contributed by atoms with E-state index in [1.165, 1.54) is 4.68 Å². The molecule has 1 aliphatic heterocycles. The average Bonchev–Trinajstić information content (AvgIpc) is 2.87. The number of rotatable bonds is 3. The summed E-state index contributed by atoms with van der Waals surface area (Å²) in [5.74, 6) is 0.579. The van der Waals surface area contributed by atoms with Gasteiger partial charge < -0.3 is 0 Å². The van der Waals surface area contributed by atoms with E-state index < -0.39 is 0 Å². The highest BCUT2D eigenvalue weighted by molar-refractivity contribution is 6.29. The van der Waals surface area contributed by atoms with Crippen LogP contribution in [0.2, 0.25) is 5.15 Å². The Morgan fingerprint density at radius 2 is 2.00 bits per heavy atom. The molecule has 0 atom stereocenters. The summed E-state index contributed by atoms with van der Waals surface area (Å²) in [6.07, 6.45) is 3.77. The fourth-order valence-electron chi connectivity index (χ4n) is 2.95. The summed E-state index contributed by atoms with van der Waals surface area (Å²) in [5.41, 5.74) is 2.63. The maximum atomic E-state index is 12.9. The van der Waals surface area contributed by atoms with E-state index in [0.717, 1.165) is 5.56 Å². The van der Waals surface area contributed by atoms with E-state index in [9.17, 15) is 4.79 Å². The summed E-state index contributed by atoms with van der Waals surface area (Å²) < 4.78 is 3.00. The number of fused-ring (bicyclic) bond motifs is 3. The topological polar surface area (TPSA) is 65.1 Å². The lowest BCUT2D eigenvalue weighted by molar-refractivity contribution is 0.659. The van der Waals surface area contributed by atoms with Gasteiger partial charge in [-0.05, 0) is 19.1 Å². The number of hydrogen-bond donors (Lipinski definition) is 0. The van der Waals surface area contributed by atoms with Crippen LogP contribution in [0, 0.1) is 0 Å². The first-order chi connectivity index (χ1) is 12.7. The number of aliphatic imine (C=N–C) groups is 1. The number of aromatic nitrogens is 4. The summed E-state index contributed by atoms with van der Waals surface area (Å²) in [4.78, 5) is 22.0. The molecular weight excluding hydrogens is 350 g/mol. The number of halogens is 1. The zero-order valence-electron chi connectivity index (χ0n) is 14.1.